The molecule has 0 unspecified atom stereocenters. The topological polar surface area (TPSA) is 37.5 Å². The van der Waals surface area contributed by atoms with Crippen molar-refractivity contribution in [3.05, 3.63) is 94.7 Å². The number of aryl methyl sites for hydroxylation is 2. The quantitative estimate of drug-likeness (QED) is 0.217. The Morgan fingerprint density at radius 1 is 0.925 bits per heavy atom. The van der Waals surface area contributed by atoms with E-state index < -0.39 is 0 Å². The average Bonchev–Trinajstić information content (AvgIpc) is 3.52. The number of aromatic nitrogens is 1. The summed E-state index contributed by atoms with van der Waals surface area (Å²) < 4.78 is 31.9. The monoisotopic (exact) mass is 542 g/mol. The summed E-state index contributed by atoms with van der Waals surface area (Å²) in [6.07, 6.45) is 5.41. The lowest BCUT2D eigenvalue weighted by Gasteiger charge is -2.19. The molecule has 40 heavy (non-hydrogen) atoms. The number of fused-ring (bicyclic) bond motifs is 2. The second-order valence-electron chi connectivity index (χ2n) is 11.1. The van der Waals surface area contributed by atoms with E-state index in [4.69, 9.17) is 4.74 Å². The predicted molar refractivity (Wildman–Crippen MR) is 157 cm³/mol. The number of ether oxygens (including phenoxy) is 1. The van der Waals surface area contributed by atoms with E-state index in [-0.39, 0.29) is 18.5 Å². The molecule has 1 N–H and O–H groups in total. The molecule has 0 amide bonds. The van der Waals surface area contributed by atoms with Gasteiger partial charge in [-0.2, -0.15) is 0 Å². The molecule has 0 bridgehead atoms. The molecule has 0 spiro atoms. The zero-order chi connectivity index (χ0) is 27.5. The lowest BCUT2D eigenvalue weighted by molar-refractivity contribution is -0.00629. The highest BCUT2D eigenvalue weighted by Gasteiger charge is 2.24. The molecular formula is C34H36F2N2O2. The summed E-state index contributed by atoms with van der Waals surface area (Å²) in [5.74, 6) is 1.10. The molecular weight excluding hydrogens is 506 g/mol. The lowest BCUT2D eigenvalue weighted by Crippen LogP contribution is -2.25. The number of nitrogens with one attached hydrogen (secondary N) is 1. The van der Waals surface area contributed by atoms with E-state index in [9.17, 15) is 8.92 Å². The molecule has 1 fully saturated rings. The molecule has 1 aliphatic carbocycles. The van der Waals surface area contributed by atoms with Gasteiger partial charge in [0.25, 0.3) is 0 Å². The Bertz CT molecular complexity index is 1510. The zero-order valence-corrected chi connectivity index (χ0v) is 23.0. The van der Waals surface area contributed by atoms with Crippen molar-refractivity contribution in [2.75, 3.05) is 26.3 Å². The van der Waals surface area contributed by atoms with Crippen LogP contribution in [0.5, 0.6) is 11.5 Å². The Labute approximate surface area is 234 Å². The van der Waals surface area contributed by atoms with Gasteiger partial charge in [-0.25, -0.2) is 0 Å². The smallest absolute Gasteiger partial charge is 0.172 e. The minimum Gasteiger partial charge on any atom is -0.489 e. The minimum atomic E-state index is -0.242. The molecule has 0 saturated carbocycles. The lowest BCUT2D eigenvalue weighted by atomic mass is 9.87. The third-order valence-corrected chi connectivity index (χ3v) is 8.25. The van der Waals surface area contributed by atoms with Crippen LogP contribution >= 0.6 is 0 Å². The third-order valence-electron chi connectivity index (χ3n) is 8.25. The van der Waals surface area contributed by atoms with Gasteiger partial charge in [-0.1, -0.05) is 24.3 Å². The van der Waals surface area contributed by atoms with E-state index in [0.717, 1.165) is 85.4 Å². The number of nitrogens with zero attached hydrogens (tertiary/aromatic N) is 1. The number of hydrogen-bond donors (Lipinski definition) is 1. The summed E-state index contributed by atoms with van der Waals surface area (Å²) in [4.78, 5) is 9.87. The van der Waals surface area contributed by atoms with Crippen LogP contribution in [0.25, 0.3) is 22.0 Å². The van der Waals surface area contributed by atoms with Gasteiger partial charge >= 0.3 is 0 Å². The Morgan fingerprint density at radius 3 is 2.58 bits per heavy atom. The van der Waals surface area contributed by atoms with Gasteiger partial charge < -0.3 is 9.72 Å². The molecule has 1 saturated heterocycles. The van der Waals surface area contributed by atoms with E-state index in [1.807, 2.05) is 12.1 Å². The zero-order valence-electron chi connectivity index (χ0n) is 23.0. The summed E-state index contributed by atoms with van der Waals surface area (Å²) in [6.45, 7) is 4.65. The van der Waals surface area contributed by atoms with Crippen LogP contribution in [0, 0.1) is 6.92 Å². The highest BCUT2D eigenvalue weighted by Crippen LogP contribution is 2.42. The van der Waals surface area contributed by atoms with Gasteiger partial charge in [-0.05, 0) is 128 Å². The number of aromatic amines is 1. The minimum absolute atomic E-state index is 0.153. The van der Waals surface area contributed by atoms with E-state index in [2.05, 4.69) is 70.3 Å². The normalized spacial score (nSPS) is 17.7. The highest BCUT2D eigenvalue weighted by molar-refractivity contribution is 6.01. The molecule has 1 aliphatic heterocycles. The standard InChI is InChI=1S/C34H36F2N2O2/c1-23-19-27-20-26(9-14-33(27)37-23)31-6-4-5-25-21-29(40-36)12-13-32(25)34(31)24-7-10-28(11-8-24)39-30-15-18-38(22-30)17-3-2-16-35/h7-14,19-21,30,37H,2-6,15-18,22H2,1H3/t30-/m0/s1. The van der Waals surface area contributed by atoms with Crippen molar-refractivity contribution in [1.29, 1.82) is 0 Å². The number of rotatable bonds is 9. The van der Waals surface area contributed by atoms with Gasteiger partial charge in [0, 0.05) is 34.2 Å². The van der Waals surface area contributed by atoms with Gasteiger partial charge in [0.15, 0.2) is 5.75 Å². The van der Waals surface area contributed by atoms with Crippen molar-refractivity contribution < 1.29 is 18.6 Å². The molecule has 3 aromatic carbocycles. The fourth-order valence-corrected chi connectivity index (χ4v) is 6.31. The fraction of sp³-hybridized carbons (Fsp3) is 0.353. The summed E-state index contributed by atoms with van der Waals surface area (Å²) in [6, 6.07) is 22.8. The summed E-state index contributed by atoms with van der Waals surface area (Å²) >= 11 is 0. The molecule has 2 aliphatic rings. The van der Waals surface area contributed by atoms with Crippen molar-refractivity contribution in [1.82, 2.24) is 9.88 Å². The van der Waals surface area contributed by atoms with Crippen molar-refractivity contribution in [3.63, 3.8) is 0 Å². The first-order valence-electron chi connectivity index (χ1n) is 14.4. The van der Waals surface area contributed by atoms with E-state index in [1.54, 1.807) is 6.07 Å². The van der Waals surface area contributed by atoms with E-state index in [0.29, 0.717) is 6.42 Å². The van der Waals surface area contributed by atoms with Crippen molar-refractivity contribution >= 4 is 22.0 Å². The Morgan fingerprint density at radius 2 is 1.75 bits per heavy atom. The summed E-state index contributed by atoms with van der Waals surface area (Å²) in [7, 11) is 0. The number of unbranched alkanes of at least 4 members (excludes halogenated alkanes) is 1. The molecule has 2 heterocycles. The van der Waals surface area contributed by atoms with Crippen LogP contribution in [0.15, 0.2) is 66.7 Å². The van der Waals surface area contributed by atoms with E-state index >= 15 is 0 Å². The van der Waals surface area contributed by atoms with Crippen LogP contribution in [0.2, 0.25) is 0 Å². The van der Waals surface area contributed by atoms with Gasteiger partial charge in [-0.3, -0.25) is 14.2 Å². The molecule has 1 atom stereocenters. The van der Waals surface area contributed by atoms with Crippen molar-refractivity contribution in [2.45, 2.75) is 51.6 Å². The maximum atomic E-state index is 13.1. The van der Waals surface area contributed by atoms with Gasteiger partial charge in [0.05, 0.1) is 6.67 Å². The number of alkyl halides is 1. The largest absolute Gasteiger partial charge is 0.489 e. The number of H-pyrrole nitrogens is 1. The maximum Gasteiger partial charge on any atom is 0.172 e. The number of hydrogen-bond acceptors (Lipinski definition) is 3. The van der Waals surface area contributed by atoms with Crippen LogP contribution in [0.4, 0.5) is 8.92 Å². The highest BCUT2D eigenvalue weighted by atomic mass is 19.3. The molecule has 208 valence electrons. The number of likely N-dealkylation sites (tertiary alicyclic amines) is 1. The number of halogens is 2. The molecule has 1 aromatic heterocycles. The second kappa shape index (κ2) is 11.8. The first-order valence-corrected chi connectivity index (χ1v) is 14.4. The van der Waals surface area contributed by atoms with Crippen LogP contribution in [0.1, 0.15) is 60.1 Å². The van der Waals surface area contributed by atoms with Crippen molar-refractivity contribution in [3.8, 4) is 11.5 Å². The molecule has 0 radical (unpaired) electrons. The van der Waals surface area contributed by atoms with Crippen LogP contribution in [-0.2, 0) is 6.42 Å². The first-order chi connectivity index (χ1) is 19.6. The van der Waals surface area contributed by atoms with Crippen molar-refractivity contribution in [2.24, 2.45) is 0 Å². The third kappa shape index (κ3) is 5.64. The Hall–Kier alpha value is -3.64. The average molecular weight is 543 g/mol. The van der Waals surface area contributed by atoms with E-state index in [1.165, 1.54) is 22.1 Å². The Balaban J connectivity index is 1.33. The molecule has 4 nitrogen and oxygen atoms in total. The molecule has 6 rings (SSSR count). The molecule has 6 heteroatoms. The van der Waals surface area contributed by atoms with Gasteiger partial charge in [0.1, 0.15) is 11.9 Å². The number of allylic oxidation sites excluding steroid dienone is 1. The van der Waals surface area contributed by atoms with Gasteiger partial charge in [0.2, 0.25) is 0 Å². The van der Waals surface area contributed by atoms with Crippen LogP contribution < -0.4 is 9.68 Å². The fourth-order valence-electron chi connectivity index (χ4n) is 6.31. The number of benzene rings is 3. The van der Waals surface area contributed by atoms with Crippen LogP contribution in [-0.4, -0.2) is 42.3 Å². The van der Waals surface area contributed by atoms with Gasteiger partial charge in [-0.15, -0.1) is 0 Å². The Kier molecular flexibility index (Phi) is 7.87. The molecule has 4 aromatic rings. The summed E-state index contributed by atoms with van der Waals surface area (Å²) in [5.41, 5.74) is 9.29. The summed E-state index contributed by atoms with van der Waals surface area (Å²) in [5, 5.41) is 1.20. The van der Waals surface area contributed by atoms with Crippen LogP contribution in [0.3, 0.4) is 0 Å². The SMILES string of the molecule is Cc1cc2cc(C3=C(c4ccc(O[C@H]5CCN(CCCCF)C5)cc4)c4ccc(OF)cc4CCC3)ccc2[nH]1. The first kappa shape index (κ1) is 26.6. The predicted octanol–water partition coefficient (Wildman–Crippen LogP) is 8.24. The second-order valence-corrected chi connectivity index (χ2v) is 11.1. The maximum absolute atomic E-state index is 13.1.